The fourth-order valence-electron chi connectivity index (χ4n) is 3.20. The average molecular weight is 329 g/mol. The van der Waals surface area contributed by atoms with E-state index in [9.17, 15) is 14.9 Å². The number of rotatable bonds is 4. The number of ether oxygens (including phenoxy) is 1. The van der Waals surface area contributed by atoms with E-state index in [-0.39, 0.29) is 11.7 Å². The predicted molar refractivity (Wildman–Crippen MR) is 90.0 cm³/mol. The molecule has 0 radical (unpaired) electrons. The number of hydrogen-bond donors (Lipinski definition) is 0. The minimum atomic E-state index is -0.571. The average Bonchev–Trinajstić information content (AvgIpc) is 2.97. The van der Waals surface area contributed by atoms with Gasteiger partial charge in [-0.1, -0.05) is 0 Å². The van der Waals surface area contributed by atoms with Crippen molar-refractivity contribution in [1.29, 1.82) is 0 Å². The van der Waals surface area contributed by atoms with E-state index in [4.69, 9.17) is 4.74 Å². The van der Waals surface area contributed by atoms with E-state index in [0.717, 1.165) is 5.69 Å². The van der Waals surface area contributed by atoms with E-state index in [1.54, 1.807) is 31.3 Å². The molecular weight excluding hydrogens is 310 g/mol. The van der Waals surface area contributed by atoms with Gasteiger partial charge in [0.1, 0.15) is 5.52 Å². The number of carbonyl (C=O) groups excluding carboxylic acids is 1. The number of carbonyl (C=O) groups is 1. The van der Waals surface area contributed by atoms with Crippen LogP contribution in [0.2, 0.25) is 0 Å². The van der Waals surface area contributed by atoms with Gasteiger partial charge in [-0.15, -0.1) is 0 Å². The number of hydrogen-bond acceptors (Lipinski definition) is 6. The summed E-state index contributed by atoms with van der Waals surface area (Å²) in [5, 5.41) is 11.7. The SMILES string of the molecule is CCOC(=O)C1(C)CCN(c2ccc([N+](=O)[O-])c3cccnc23)C1. The third-order valence-electron chi connectivity index (χ3n) is 4.50. The number of fused-ring (bicyclic) bond motifs is 1. The number of non-ortho nitro benzene ring substituents is 1. The number of benzene rings is 1. The zero-order valence-corrected chi connectivity index (χ0v) is 13.7. The second kappa shape index (κ2) is 6.07. The number of anilines is 1. The number of nitro benzene ring substituents is 1. The van der Waals surface area contributed by atoms with Gasteiger partial charge in [0.15, 0.2) is 0 Å². The summed E-state index contributed by atoms with van der Waals surface area (Å²) in [5.41, 5.74) is 0.858. The number of aromatic nitrogens is 1. The van der Waals surface area contributed by atoms with Crippen LogP contribution >= 0.6 is 0 Å². The predicted octanol–water partition coefficient (Wildman–Crippen LogP) is 2.92. The Kier molecular flexibility index (Phi) is 4.09. The summed E-state index contributed by atoms with van der Waals surface area (Å²) in [7, 11) is 0. The van der Waals surface area contributed by atoms with Crippen LogP contribution in [0.15, 0.2) is 30.5 Å². The van der Waals surface area contributed by atoms with Gasteiger partial charge in [-0.25, -0.2) is 0 Å². The fourth-order valence-corrected chi connectivity index (χ4v) is 3.20. The van der Waals surface area contributed by atoms with Gasteiger partial charge in [0.25, 0.3) is 5.69 Å². The number of nitro groups is 1. The van der Waals surface area contributed by atoms with Gasteiger partial charge in [0.2, 0.25) is 0 Å². The molecule has 3 rings (SSSR count). The Bertz CT molecular complexity index is 808. The highest BCUT2D eigenvalue weighted by atomic mass is 16.6. The molecule has 7 nitrogen and oxygen atoms in total. The van der Waals surface area contributed by atoms with Crippen molar-refractivity contribution in [3.63, 3.8) is 0 Å². The molecule has 24 heavy (non-hydrogen) atoms. The Balaban J connectivity index is 1.98. The molecule has 2 heterocycles. The van der Waals surface area contributed by atoms with Crippen molar-refractivity contribution in [3.05, 3.63) is 40.6 Å². The van der Waals surface area contributed by atoms with E-state index < -0.39 is 10.3 Å². The van der Waals surface area contributed by atoms with Crippen LogP contribution in [0.5, 0.6) is 0 Å². The molecule has 1 unspecified atom stereocenters. The highest BCUT2D eigenvalue weighted by Gasteiger charge is 2.42. The van der Waals surface area contributed by atoms with Gasteiger partial charge >= 0.3 is 5.97 Å². The van der Waals surface area contributed by atoms with E-state index >= 15 is 0 Å². The molecule has 1 aliphatic heterocycles. The van der Waals surface area contributed by atoms with Crippen molar-refractivity contribution >= 4 is 28.2 Å². The summed E-state index contributed by atoms with van der Waals surface area (Å²) in [5.74, 6) is -0.202. The van der Waals surface area contributed by atoms with Crippen LogP contribution in [0, 0.1) is 15.5 Å². The molecule has 0 aliphatic carbocycles. The molecule has 1 saturated heterocycles. The largest absolute Gasteiger partial charge is 0.466 e. The van der Waals surface area contributed by atoms with E-state index in [2.05, 4.69) is 9.88 Å². The third-order valence-corrected chi connectivity index (χ3v) is 4.50. The van der Waals surface area contributed by atoms with Crippen molar-refractivity contribution in [1.82, 2.24) is 4.98 Å². The third kappa shape index (κ3) is 2.66. The lowest BCUT2D eigenvalue weighted by Crippen LogP contribution is -2.33. The van der Waals surface area contributed by atoms with Crippen molar-refractivity contribution in [2.75, 3.05) is 24.6 Å². The molecule has 1 aromatic carbocycles. The smallest absolute Gasteiger partial charge is 0.313 e. The Hall–Kier alpha value is -2.70. The van der Waals surface area contributed by atoms with Crippen LogP contribution in [0.25, 0.3) is 10.9 Å². The first-order valence-electron chi connectivity index (χ1n) is 7.90. The summed E-state index contributed by atoms with van der Waals surface area (Å²) in [6, 6.07) is 6.60. The minimum absolute atomic E-state index is 0.0363. The normalized spacial score (nSPS) is 20.3. The first-order valence-corrected chi connectivity index (χ1v) is 7.90. The molecule has 1 fully saturated rings. The van der Waals surface area contributed by atoms with Gasteiger partial charge in [-0.3, -0.25) is 19.9 Å². The minimum Gasteiger partial charge on any atom is -0.466 e. The standard InChI is InChI=1S/C17H19N3O4/c1-3-24-16(21)17(2)8-10-19(11-17)14-7-6-13(20(22)23)12-5-4-9-18-15(12)14/h4-7,9H,3,8,10-11H2,1-2H3. The number of pyridine rings is 1. The maximum atomic E-state index is 12.2. The highest BCUT2D eigenvalue weighted by Crippen LogP contribution is 2.38. The van der Waals surface area contributed by atoms with Crippen LogP contribution in [-0.4, -0.2) is 35.6 Å². The summed E-state index contributed by atoms with van der Waals surface area (Å²) in [6.45, 7) is 5.23. The highest BCUT2D eigenvalue weighted by molar-refractivity contribution is 5.97. The van der Waals surface area contributed by atoms with Crippen LogP contribution in [0.3, 0.4) is 0 Å². The van der Waals surface area contributed by atoms with Crippen molar-refractivity contribution in [3.8, 4) is 0 Å². The second-order valence-electron chi connectivity index (χ2n) is 6.21. The van der Waals surface area contributed by atoms with E-state index in [0.29, 0.717) is 37.0 Å². The van der Waals surface area contributed by atoms with Crippen LogP contribution < -0.4 is 4.90 Å². The van der Waals surface area contributed by atoms with Gasteiger partial charge in [0, 0.05) is 25.4 Å². The maximum absolute atomic E-state index is 12.2. The Morgan fingerprint density at radius 1 is 1.46 bits per heavy atom. The van der Waals surface area contributed by atoms with E-state index in [1.165, 1.54) is 6.07 Å². The van der Waals surface area contributed by atoms with Crippen molar-refractivity contribution < 1.29 is 14.5 Å². The number of esters is 1. The Labute approximate surface area is 139 Å². The van der Waals surface area contributed by atoms with Gasteiger partial charge in [0.05, 0.1) is 28.0 Å². The Morgan fingerprint density at radius 3 is 2.96 bits per heavy atom. The molecule has 126 valence electrons. The molecule has 0 spiro atoms. The molecule has 1 aliphatic rings. The fraction of sp³-hybridized carbons (Fsp3) is 0.412. The quantitative estimate of drug-likeness (QED) is 0.487. The molecular formula is C17H19N3O4. The molecule has 0 saturated carbocycles. The summed E-state index contributed by atoms with van der Waals surface area (Å²) in [6.07, 6.45) is 2.30. The molecule has 0 N–H and O–H groups in total. The van der Waals surface area contributed by atoms with Gasteiger partial charge < -0.3 is 9.64 Å². The first kappa shape index (κ1) is 16.2. The van der Waals surface area contributed by atoms with Crippen LogP contribution in [-0.2, 0) is 9.53 Å². The van der Waals surface area contributed by atoms with Crippen LogP contribution in [0.4, 0.5) is 11.4 Å². The monoisotopic (exact) mass is 329 g/mol. The summed E-state index contributed by atoms with van der Waals surface area (Å²) >= 11 is 0. The van der Waals surface area contributed by atoms with Gasteiger partial charge in [-0.2, -0.15) is 0 Å². The second-order valence-corrected chi connectivity index (χ2v) is 6.21. The zero-order chi connectivity index (χ0) is 17.3. The lowest BCUT2D eigenvalue weighted by Gasteiger charge is -2.24. The lowest BCUT2D eigenvalue weighted by molar-refractivity contribution is -0.383. The molecule has 0 amide bonds. The van der Waals surface area contributed by atoms with Crippen molar-refractivity contribution in [2.24, 2.45) is 5.41 Å². The Morgan fingerprint density at radius 2 is 2.25 bits per heavy atom. The zero-order valence-electron chi connectivity index (χ0n) is 13.7. The van der Waals surface area contributed by atoms with Gasteiger partial charge in [-0.05, 0) is 38.5 Å². The molecule has 2 aromatic rings. The topological polar surface area (TPSA) is 85.6 Å². The molecule has 1 atom stereocenters. The molecule has 0 bridgehead atoms. The number of nitrogens with zero attached hydrogens (tertiary/aromatic N) is 3. The summed E-state index contributed by atoms with van der Waals surface area (Å²) in [4.78, 5) is 29.4. The lowest BCUT2D eigenvalue weighted by atomic mass is 9.90. The first-order chi connectivity index (χ1) is 11.5. The van der Waals surface area contributed by atoms with Crippen LogP contribution in [0.1, 0.15) is 20.3 Å². The molecule has 7 heteroatoms. The van der Waals surface area contributed by atoms with E-state index in [1.807, 2.05) is 6.92 Å². The summed E-state index contributed by atoms with van der Waals surface area (Å²) < 4.78 is 5.18. The van der Waals surface area contributed by atoms with Crippen molar-refractivity contribution in [2.45, 2.75) is 20.3 Å². The molecule has 1 aromatic heterocycles. The maximum Gasteiger partial charge on any atom is 0.313 e.